The van der Waals surface area contributed by atoms with Gasteiger partial charge in [-0.25, -0.2) is 4.98 Å². The average molecular weight is 222 g/mol. The van der Waals surface area contributed by atoms with Crippen molar-refractivity contribution in [1.82, 2.24) is 9.55 Å². The summed E-state index contributed by atoms with van der Waals surface area (Å²) < 4.78 is 31.7. The summed E-state index contributed by atoms with van der Waals surface area (Å²) in [6, 6.07) is 0. The Morgan fingerprint density at radius 3 is 2.29 bits per heavy atom. The van der Waals surface area contributed by atoms with Gasteiger partial charge in [0.25, 0.3) is 0 Å². The van der Waals surface area contributed by atoms with Crippen molar-refractivity contribution in [2.24, 2.45) is 7.05 Å². The van der Waals surface area contributed by atoms with Crippen LogP contribution >= 0.6 is 0 Å². The summed E-state index contributed by atoms with van der Waals surface area (Å²) in [6.07, 6.45) is 4.77. The summed E-state index contributed by atoms with van der Waals surface area (Å²) in [5.74, 6) is 0. The highest BCUT2D eigenvalue weighted by molar-refractivity contribution is 7.80. The lowest BCUT2D eigenvalue weighted by Gasteiger charge is -1.93. The van der Waals surface area contributed by atoms with Crippen LogP contribution in [0.25, 0.3) is 0 Å². The van der Waals surface area contributed by atoms with Crippen LogP contribution in [0.5, 0.6) is 0 Å². The van der Waals surface area contributed by atoms with Gasteiger partial charge in [-0.15, -0.1) is 0 Å². The van der Waals surface area contributed by atoms with Crippen molar-refractivity contribution in [2.75, 3.05) is 7.11 Å². The molecule has 0 aliphatic rings. The van der Waals surface area contributed by atoms with Crippen molar-refractivity contribution in [1.29, 1.82) is 0 Å². The minimum atomic E-state index is -4.16. The van der Waals surface area contributed by atoms with E-state index in [1.807, 2.05) is 24.1 Å². The first kappa shape index (κ1) is 13.1. The predicted octanol–water partition coefficient (Wildman–Crippen LogP) is 0.418. The Bertz CT molecular complexity index is 358. The molecule has 0 aliphatic carbocycles. The Hall–Kier alpha value is -0.920. The Morgan fingerprint density at radius 1 is 1.64 bits per heavy atom. The molecular weight excluding hydrogens is 208 g/mol. The molecule has 0 amide bonds. The van der Waals surface area contributed by atoms with E-state index in [9.17, 15) is 8.42 Å². The van der Waals surface area contributed by atoms with E-state index < -0.39 is 10.4 Å². The summed E-state index contributed by atoms with van der Waals surface area (Å²) in [5, 5.41) is 0. The van der Waals surface area contributed by atoms with E-state index >= 15 is 0 Å². The molecule has 0 bridgehead atoms. The third-order valence-corrected chi connectivity index (χ3v) is 1.91. The van der Waals surface area contributed by atoms with E-state index in [0.717, 1.165) is 13.5 Å². The maximum Gasteiger partial charge on any atom is 0.397 e. The summed E-state index contributed by atoms with van der Waals surface area (Å²) in [5.41, 5.74) is 1.28. The normalized spacial score (nSPS) is 10.6. The van der Waals surface area contributed by atoms with Gasteiger partial charge in [-0.2, -0.15) is 8.42 Å². The molecule has 1 N–H and O–H groups in total. The van der Waals surface area contributed by atoms with Crippen LogP contribution < -0.4 is 0 Å². The van der Waals surface area contributed by atoms with Gasteiger partial charge in [-0.05, 0) is 6.42 Å². The maximum absolute atomic E-state index is 9.33. The van der Waals surface area contributed by atoms with Crippen molar-refractivity contribution in [2.45, 2.75) is 13.3 Å². The second kappa shape index (κ2) is 5.74. The van der Waals surface area contributed by atoms with Gasteiger partial charge < -0.3 is 4.57 Å². The Balaban J connectivity index is 0.000000255. The molecule has 14 heavy (non-hydrogen) atoms. The lowest BCUT2D eigenvalue weighted by atomic mass is 10.4. The first-order chi connectivity index (χ1) is 6.40. The van der Waals surface area contributed by atoms with Crippen molar-refractivity contribution in [3.63, 3.8) is 0 Å². The van der Waals surface area contributed by atoms with Crippen LogP contribution in [0.2, 0.25) is 0 Å². The van der Waals surface area contributed by atoms with Gasteiger partial charge in [0.05, 0.1) is 13.4 Å². The van der Waals surface area contributed by atoms with Crippen LogP contribution in [0.1, 0.15) is 12.6 Å². The van der Waals surface area contributed by atoms with E-state index in [4.69, 9.17) is 4.55 Å². The monoisotopic (exact) mass is 222 g/mol. The quantitative estimate of drug-likeness (QED) is 0.733. The van der Waals surface area contributed by atoms with Crippen molar-refractivity contribution >= 4 is 10.4 Å². The van der Waals surface area contributed by atoms with Crippen LogP contribution in [-0.2, 0) is 28.1 Å². The van der Waals surface area contributed by atoms with Crippen molar-refractivity contribution < 1.29 is 17.2 Å². The number of imidazole rings is 1. The van der Waals surface area contributed by atoms with Crippen LogP contribution in [0, 0.1) is 0 Å². The van der Waals surface area contributed by atoms with Gasteiger partial charge in [0.1, 0.15) is 0 Å². The predicted molar refractivity (Wildman–Crippen MR) is 51.1 cm³/mol. The fraction of sp³-hybridized carbons (Fsp3) is 0.571. The lowest BCUT2D eigenvalue weighted by Crippen LogP contribution is -1.96. The van der Waals surface area contributed by atoms with Crippen LogP contribution in [-0.4, -0.2) is 29.6 Å². The summed E-state index contributed by atoms with van der Waals surface area (Å²) in [4.78, 5) is 3.96. The third-order valence-electron chi connectivity index (χ3n) is 1.49. The van der Waals surface area contributed by atoms with Gasteiger partial charge in [-0.3, -0.25) is 8.74 Å². The Kier molecular flexibility index (Phi) is 5.36. The second-order valence-electron chi connectivity index (χ2n) is 2.44. The molecule has 0 atom stereocenters. The smallest absolute Gasteiger partial charge is 0.338 e. The Labute approximate surface area is 83.5 Å². The summed E-state index contributed by atoms with van der Waals surface area (Å²) in [7, 11) is -1.29. The van der Waals surface area contributed by atoms with Crippen molar-refractivity contribution in [3.05, 3.63) is 18.2 Å². The number of aromatic nitrogens is 2. The molecule has 1 heterocycles. The fourth-order valence-corrected chi connectivity index (χ4v) is 0.725. The summed E-state index contributed by atoms with van der Waals surface area (Å²) in [6.45, 7) is 2.12. The molecule has 0 radical (unpaired) electrons. The van der Waals surface area contributed by atoms with E-state index in [1.165, 1.54) is 5.69 Å². The highest BCUT2D eigenvalue weighted by atomic mass is 32.3. The van der Waals surface area contributed by atoms with Gasteiger partial charge >= 0.3 is 10.4 Å². The van der Waals surface area contributed by atoms with Gasteiger partial charge in [-0.1, -0.05) is 6.92 Å². The second-order valence-corrected chi connectivity index (χ2v) is 3.63. The average Bonchev–Trinajstić information content (AvgIpc) is 2.51. The minimum absolute atomic E-state index is 0.870. The first-order valence-corrected chi connectivity index (χ1v) is 5.25. The molecule has 0 aliphatic heterocycles. The first-order valence-electron chi connectivity index (χ1n) is 3.89. The van der Waals surface area contributed by atoms with E-state index in [0.29, 0.717) is 0 Å². The number of rotatable bonds is 2. The molecule has 0 saturated carbocycles. The van der Waals surface area contributed by atoms with Gasteiger partial charge in [0.15, 0.2) is 0 Å². The number of hydrogen-bond donors (Lipinski definition) is 1. The Morgan fingerprint density at radius 2 is 2.14 bits per heavy atom. The molecular formula is C7H14N2O4S. The topological polar surface area (TPSA) is 81.4 Å². The minimum Gasteiger partial charge on any atom is -0.338 e. The maximum atomic E-state index is 9.33. The molecule has 0 spiro atoms. The molecule has 1 aromatic heterocycles. The van der Waals surface area contributed by atoms with Crippen molar-refractivity contribution in [3.8, 4) is 0 Å². The van der Waals surface area contributed by atoms with Gasteiger partial charge in [0, 0.05) is 18.9 Å². The number of aryl methyl sites for hydroxylation is 2. The van der Waals surface area contributed by atoms with E-state index in [1.54, 1.807) is 0 Å². The van der Waals surface area contributed by atoms with E-state index in [-0.39, 0.29) is 0 Å². The molecule has 82 valence electrons. The molecule has 0 fully saturated rings. The molecule has 0 unspecified atom stereocenters. The number of hydrogen-bond acceptors (Lipinski definition) is 4. The zero-order valence-electron chi connectivity index (χ0n) is 8.34. The highest BCUT2D eigenvalue weighted by Crippen LogP contribution is 1.94. The standard InChI is InChI=1S/C6H10N2.CH4O4S/c1-3-6-4-7-5-8(6)2;1-5-6(2,3)4/h4-5H,3H2,1-2H3;1H3,(H,2,3,4). The van der Waals surface area contributed by atoms with E-state index in [2.05, 4.69) is 16.1 Å². The lowest BCUT2D eigenvalue weighted by molar-refractivity contribution is 0.324. The largest absolute Gasteiger partial charge is 0.397 e. The molecule has 0 saturated heterocycles. The third kappa shape index (κ3) is 5.68. The zero-order valence-corrected chi connectivity index (χ0v) is 9.15. The molecule has 1 rings (SSSR count). The SMILES string of the molecule is CCc1cncn1C.COS(=O)(=O)O. The molecule has 1 aromatic rings. The molecule has 7 heteroatoms. The van der Waals surface area contributed by atoms with Gasteiger partial charge in [0.2, 0.25) is 0 Å². The van der Waals surface area contributed by atoms with Crippen LogP contribution in [0.4, 0.5) is 0 Å². The molecule has 6 nitrogen and oxygen atoms in total. The van der Waals surface area contributed by atoms with Crippen LogP contribution in [0.3, 0.4) is 0 Å². The fourth-order valence-electron chi connectivity index (χ4n) is 0.725. The summed E-state index contributed by atoms with van der Waals surface area (Å²) >= 11 is 0. The molecule has 0 aromatic carbocycles. The highest BCUT2D eigenvalue weighted by Gasteiger charge is 1.94. The van der Waals surface area contributed by atoms with Crippen LogP contribution in [0.15, 0.2) is 12.5 Å². The zero-order chi connectivity index (χ0) is 11.2. The number of nitrogens with zero attached hydrogens (tertiary/aromatic N) is 2.